The minimum atomic E-state index is -1.74. The van der Waals surface area contributed by atoms with E-state index in [0.717, 1.165) is 6.07 Å². The van der Waals surface area contributed by atoms with Crippen molar-refractivity contribution in [3.63, 3.8) is 0 Å². The highest BCUT2D eigenvalue weighted by Gasteiger charge is 2.31. The van der Waals surface area contributed by atoms with Crippen LogP contribution in [0, 0.1) is 0 Å². The van der Waals surface area contributed by atoms with Gasteiger partial charge in [-0.05, 0) is 40.5 Å². The maximum atomic E-state index is 12.3. The van der Waals surface area contributed by atoms with Gasteiger partial charge in [0.1, 0.15) is 5.75 Å². The van der Waals surface area contributed by atoms with Crippen LogP contribution >= 0.6 is 0 Å². The zero-order chi connectivity index (χ0) is 22.9. The molecule has 0 heterocycles. The van der Waals surface area contributed by atoms with Crippen molar-refractivity contribution >= 4 is 23.8 Å². The van der Waals surface area contributed by atoms with Crippen LogP contribution in [0.2, 0.25) is 0 Å². The van der Waals surface area contributed by atoms with Crippen LogP contribution in [-0.4, -0.2) is 39.1 Å². The van der Waals surface area contributed by atoms with Gasteiger partial charge in [-0.3, -0.25) is 9.59 Å². The van der Waals surface area contributed by atoms with Crippen molar-refractivity contribution in [2.24, 2.45) is 11.5 Å². The molecule has 0 aliphatic heterocycles. The van der Waals surface area contributed by atoms with Crippen molar-refractivity contribution in [2.45, 2.75) is 0 Å². The second-order valence-electron chi connectivity index (χ2n) is 6.53. The number of rotatable bonds is 6. The lowest BCUT2D eigenvalue weighted by atomic mass is 9.85. The maximum Gasteiger partial charge on any atom is 0.337 e. The molecule has 0 radical (unpaired) electrons. The lowest BCUT2D eigenvalue weighted by molar-refractivity contribution is 0.0649. The van der Waals surface area contributed by atoms with Crippen molar-refractivity contribution in [2.75, 3.05) is 0 Å². The van der Waals surface area contributed by atoms with Gasteiger partial charge in [0.25, 0.3) is 0 Å². The molecule has 0 saturated carbocycles. The Morgan fingerprint density at radius 1 is 0.645 bits per heavy atom. The molecular formula is C22H16N2O7. The summed E-state index contributed by atoms with van der Waals surface area (Å²) >= 11 is 0. The number of carboxylic acid groups (broad SMARTS) is 2. The largest absolute Gasteiger partial charge is 0.508 e. The Morgan fingerprint density at radius 2 is 1.19 bits per heavy atom. The van der Waals surface area contributed by atoms with Crippen LogP contribution in [0.5, 0.6) is 5.75 Å². The summed E-state index contributed by atoms with van der Waals surface area (Å²) in [6, 6.07) is 13.6. The fraction of sp³-hybridized carbons (Fsp3) is 0. The van der Waals surface area contributed by atoms with E-state index in [1.165, 1.54) is 12.1 Å². The Balaban J connectivity index is 2.50. The van der Waals surface area contributed by atoms with Crippen molar-refractivity contribution in [3.8, 4) is 28.0 Å². The van der Waals surface area contributed by atoms with Crippen LogP contribution in [0.4, 0.5) is 0 Å². The molecule has 0 aliphatic carbocycles. The van der Waals surface area contributed by atoms with Crippen molar-refractivity contribution < 1.29 is 34.5 Å². The van der Waals surface area contributed by atoms with Gasteiger partial charge in [-0.15, -0.1) is 0 Å². The summed E-state index contributed by atoms with van der Waals surface area (Å²) in [5.41, 5.74) is 9.26. The topological polar surface area (TPSA) is 181 Å². The smallest absolute Gasteiger partial charge is 0.337 e. The number of amides is 2. The van der Waals surface area contributed by atoms with E-state index in [-0.39, 0.29) is 11.3 Å². The molecular weight excluding hydrogens is 404 g/mol. The number of carbonyl (C=O) groups excluding carboxylic acids is 2. The molecule has 0 fully saturated rings. The first-order chi connectivity index (χ1) is 14.6. The highest BCUT2D eigenvalue weighted by Crippen LogP contribution is 2.37. The second-order valence-corrected chi connectivity index (χ2v) is 6.53. The number of carbonyl (C=O) groups is 4. The van der Waals surface area contributed by atoms with Crippen molar-refractivity contribution in [1.82, 2.24) is 0 Å². The van der Waals surface area contributed by atoms with Gasteiger partial charge in [-0.1, -0.05) is 36.4 Å². The zero-order valence-corrected chi connectivity index (χ0v) is 15.8. The Morgan fingerprint density at radius 3 is 1.68 bits per heavy atom. The van der Waals surface area contributed by atoms with E-state index in [1.807, 2.05) is 0 Å². The van der Waals surface area contributed by atoms with E-state index in [9.17, 15) is 34.5 Å². The van der Waals surface area contributed by atoms with E-state index in [0.29, 0.717) is 16.7 Å². The number of nitrogens with two attached hydrogens (primary N) is 2. The van der Waals surface area contributed by atoms with Crippen LogP contribution in [0.15, 0.2) is 54.6 Å². The minimum absolute atomic E-state index is 0.0223. The van der Waals surface area contributed by atoms with Crippen LogP contribution in [0.1, 0.15) is 41.4 Å². The maximum absolute atomic E-state index is 12.3. The van der Waals surface area contributed by atoms with Gasteiger partial charge >= 0.3 is 11.9 Å². The predicted molar refractivity (Wildman–Crippen MR) is 110 cm³/mol. The number of aromatic hydroxyl groups is 1. The van der Waals surface area contributed by atoms with Crippen LogP contribution in [0.3, 0.4) is 0 Å². The molecule has 0 bridgehead atoms. The van der Waals surface area contributed by atoms with Crippen LogP contribution in [0.25, 0.3) is 22.3 Å². The molecule has 156 valence electrons. The van der Waals surface area contributed by atoms with E-state index in [1.54, 1.807) is 36.4 Å². The molecule has 3 aromatic carbocycles. The molecule has 3 aromatic rings. The third kappa shape index (κ3) is 3.79. The summed E-state index contributed by atoms with van der Waals surface area (Å²) < 4.78 is 0. The molecule has 0 saturated heterocycles. The highest BCUT2D eigenvalue weighted by molar-refractivity contribution is 6.19. The number of carboxylic acids is 2. The average molecular weight is 420 g/mol. The molecule has 2 amide bonds. The minimum Gasteiger partial charge on any atom is -0.508 e. The molecule has 0 atom stereocenters. The molecule has 3 rings (SSSR count). The molecule has 7 N–H and O–H groups in total. The lowest BCUT2D eigenvalue weighted by Gasteiger charge is -2.18. The van der Waals surface area contributed by atoms with Crippen LogP contribution < -0.4 is 11.5 Å². The van der Waals surface area contributed by atoms with E-state index in [4.69, 9.17) is 11.5 Å². The standard InChI is InChI=1S/C22H16N2O7/c23-19(26)16-14(9-15(21(28)29)17(22(30)31)18(16)20(24)27)13-4-2-1-3-12(13)10-5-7-11(25)8-6-10/h1-9,25H,(H2,23,26)(H2,24,27)(H,28,29)(H,30,31). The van der Waals surface area contributed by atoms with Gasteiger partial charge in [-0.2, -0.15) is 0 Å². The number of hydrogen-bond donors (Lipinski definition) is 5. The van der Waals surface area contributed by atoms with E-state index >= 15 is 0 Å². The third-order valence-electron chi connectivity index (χ3n) is 4.66. The van der Waals surface area contributed by atoms with Gasteiger partial charge in [0.2, 0.25) is 11.8 Å². The van der Waals surface area contributed by atoms with Gasteiger partial charge in [0.05, 0.1) is 22.3 Å². The monoisotopic (exact) mass is 420 g/mol. The summed E-state index contributed by atoms with van der Waals surface area (Å²) in [5.74, 6) is -5.80. The number of aromatic carboxylic acids is 2. The number of phenolic OH excluding ortho intramolecular Hbond substituents is 1. The van der Waals surface area contributed by atoms with Gasteiger partial charge in [0, 0.05) is 0 Å². The third-order valence-corrected chi connectivity index (χ3v) is 4.66. The van der Waals surface area contributed by atoms with Crippen LogP contribution in [-0.2, 0) is 0 Å². The summed E-state index contributed by atoms with van der Waals surface area (Å²) in [7, 11) is 0. The molecule has 31 heavy (non-hydrogen) atoms. The van der Waals surface area contributed by atoms with Gasteiger partial charge in [0.15, 0.2) is 0 Å². The Kier molecular flexibility index (Phi) is 5.43. The quantitative estimate of drug-likeness (QED) is 0.405. The van der Waals surface area contributed by atoms with E-state index in [2.05, 4.69) is 0 Å². The molecule has 9 heteroatoms. The lowest BCUT2D eigenvalue weighted by Crippen LogP contribution is -2.27. The summed E-state index contributed by atoms with van der Waals surface area (Å²) in [5, 5.41) is 28.7. The number of benzene rings is 3. The Bertz CT molecular complexity index is 1250. The second kappa shape index (κ2) is 7.99. The SMILES string of the molecule is NC(=O)c1c(-c2ccccc2-c2ccc(O)cc2)cc(C(=O)O)c(C(=O)O)c1C(N)=O. The highest BCUT2D eigenvalue weighted by atomic mass is 16.4. The first-order valence-corrected chi connectivity index (χ1v) is 8.79. The van der Waals surface area contributed by atoms with Gasteiger partial charge in [-0.25, -0.2) is 9.59 Å². The number of phenols is 1. The molecule has 9 nitrogen and oxygen atoms in total. The zero-order valence-electron chi connectivity index (χ0n) is 15.8. The predicted octanol–water partition coefficient (Wildman–Crippen LogP) is 2.32. The van der Waals surface area contributed by atoms with E-state index < -0.39 is 46.0 Å². The number of hydrogen-bond acceptors (Lipinski definition) is 5. The fourth-order valence-electron chi connectivity index (χ4n) is 3.40. The molecule has 0 aliphatic rings. The fourth-order valence-corrected chi connectivity index (χ4v) is 3.40. The first-order valence-electron chi connectivity index (χ1n) is 8.79. The first kappa shape index (κ1) is 21.1. The Hall–Kier alpha value is -4.66. The summed E-state index contributed by atoms with van der Waals surface area (Å²) in [6.45, 7) is 0. The average Bonchev–Trinajstić information content (AvgIpc) is 2.72. The Labute approximate surface area is 175 Å². The van der Waals surface area contributed by atoms with Crippen molar-refractivity contribution in [3.05, 3.63) is 76.9 Å². The normalized spacial score (nSPS) is 10.5. The molecule has 0 unspecified atom stereocenters. The summed E-state index contributed by atoms with van der Waals surface area (Å²) in [4.78, 5) is 48.0. The summed E-state index contributed by atoms with van der Waals surface area (Å²) in [6.07, 6.45) is 0. The number of primary amides is 2. The van der Waals surface area contributed by atoms with Crippen molar-refractivity contribution in [1.29, 1.82) is 0 Å². The molecule has 0 spiro atoms. The van der Waals surface area contributed by atoms with Gasteiger partial charge < -0.3 is 26.8 Å². The molecule has 0 aromatic heterocycles.